The molecule has 0 aromatic heterocycles. The molecule has 84 valence electrons. The van der Waals surface area contributed by atoms with Crippen LogP contribution in [0.3, 0.4) is 0 Å². The maximum atomic E-state index is 12.3. The molecule has 0 saturated heterocycles. The van der Waals surface area contributed by atoms with E-state index in [0.717, 1.165) is 25.2 Å². The van der Waals surface area contributed by atoms with Crippen LogP contribution in [-0.4, -0.2) is 5.78 Å². The molecule has 1 nitrogen and oxygen atoms in total. The highest BCUT2D eigenvalue weighted by Gasteiger charge is 2.57. The second-order valence-electron chi connectivity index (χ2n) is 6.05. The summed E-state index contributed by atoms with van der Waals surface area (Å²) in [4.78, 5) is 12.3. The smallest absolute Gasteiger partial charge is 0.139 e. The molecule has 3 aliphatic rings. The Morgan fingerprint density at radius 3 is 2.67 bits per heavy atom. The van der Waals surface area contributed by atoms with Crippen molar-refractivity contribution in [2.45, 2.75) is 40.0 Å². The lowest BCUT2D eigenvalue weighted by Crippen LogP contribution is -2.57. The van der Waals surface area contributed by atoms with E-state index in [1.54, 1.807) is 0 Å². The standard InChI is InChI=1S/C14H22O/c1-5-6-9(2)11-7-10-8-12(13(11)15)14(10,3)4/h5,9-12H,1,6-8H2,2-4H3. The van der Waals surface area contributed by atoms with Gasteiger partial charge in [0.1, 0.15) is 5.78 Å². The molecule has 0 amide bonds. The summed E-state index contributed by atoms with van der Waals surface area (Å²) in [5.74, 6) is 2.50. The number of hydrogen-bond acceptors (Lipinski definition) is 1. The molecule has 0 aliphatic heterocycles. The maximum Gasteiger partial charge on any atom is 0.139 e. The van der Waals surface area contributed by atoms with Crippen LogP contribution in [-0.2, 0) is 4.79 Å². The summed E-state index contributed by atoms with van der Waals surface area (Å²) in [5.41, 5.74) is 0.293. The molecule has 0 radical (unpaired) electrons. The second kappa shape index (κ2) is 3.47. The summed E-state index contributed by atoms with van der Waals surface area (Å²) in [6.45, 7) is 10.5. The van der Waals surface area contributed by atoms with Gasteiger partial charge in [-0.05, 0) is 36.5 Å². The van der Waals surface area contributed by atoms with E-state index in [2.05, 4.69) is 27.4 Å². The fourth-order valence-electron chi connectivity index (χ4n) is 3.52. The molecule has 0 heterocycles. The van der Waals surface area contributed by atoms with Crippen molar-refractivity contribution in [1.29, 1.82) is 0 Å². The Labute approximate surface area is 92.9 Å². The van der Waals surface area contributed by atoms with E-state index in [9.17, 15) is 4.79 Å². The van der Waals surface area contributed by atoms with Crippen LogP contribution in [0.5, 0.6) is 0 Å². The largest absolute Gasteiger partial charge is 0.299 e. The van der Waals surface area contributed by atoms with Crippen molar-refractivity contribution in [3.05, 3.63) is 12.7 Å². The molecule has 3 rings (SSSR count). The van der Waals surface area contributed by atoms with Gasteiger partial charge in [0.2, 0.25) is 0 Å². The van der Waals surface area contributed by atoms with Crippen LogP contribution in [0.25, 0.3) is 0 Å². The molecule has 1 heteroatoms. The summed E-state index contributed by atoms with van der Waals surface area (Å²) in [6, 6.07) is 0. The average molecular weight is 206 g/mol. The van der Waals surface area contributed by atoms with Crippen molar-refractivity contribution in [2.75, 3.05) is 0 Å². The van der Waals surface area contributed by atoms with E-state index >= 15 is 0 Å². The normalized spacial score (nSPS) is 39.4. The number of carbonyl (C=O) groups is 1. The van der Waals surface area contributed by atoms with Gasteiger partial charge in [-0.1, -0.05) is 26.8 Å². The summed E-state index contributed by atoms with van der Waals surface area (Å²) in [7, 11) is 0. The Bertz CT molecular complexity index is 290. The molecule has 0 aromatic carbocycles. The molecule has 2 bridgehead atoms. The molecule has 3 aliphatic carbocycles. The fourth-order valence-corrected chi connectivity index (χ4v) is 3.52. The van der Waals surface area contributed by atoms with E-state index in [0.29, 0.717) is 29.0 Å². The molecule has 3 saturated carbocycles. The molecule has 3 fully saturated rings. The molecule has 0 spiro atoms. The van der Waals surface area contributed by atoms with Crippen molar-refractivity contribution in [3.63, 3.8) is 0 Å². The zero-order chi connectivity index (χ0) is 11.2. The van der Waals surface area contributed by atoms with Crippen molar-refractivity contribution in [1.82, 2.24) is 0 Å². The van der Waals surface area contributed by atoms with Gasteiger partial charge in [0.05, 0.1) is 0 Å². The minimum atomic E-state index is 0.293. The Morgan fingerprint density at radius 2 is 2.20 bits per heavy atom. The molecular weight excluding hydrogens is 184 g/mol. The second-order valence-corrected chi connectivity index (χ2v) is 6.05. The highest BCUT2D eigenvalue weighted by Crippen LogP contribution is 2.60. The van der Waals surface area contributed by atoms with Crippen molar-refractivity contribution in [3.8, 4) is 0 Å². The van der Waals surface area contributed by atoms with Crippen LogP contribution >= 0.6 is 0 Å². The first-order chi connectivity index (χ1) is 6.98. The van der Waals surface area contributed by atoms with Crippen molar-refractivity contribution < 1.29 is 4.79 Å². The zero-order valence-corrected chi connectivity index (χ0v) is 10.1. The highest BCUT2D eigenvalue weighted by atomic mass is 16.1. The lowest BCUT2D eigenvalue weighted by Gasteiger charge is -2.58. The number of carbonyl (C=O) groups excluding carboxylic acids is 1. The van der Waals surface area contributed by atoms with Gasteiger partial charge in [-0.15, -0.1) is 6.58 Å². The van der Waals surface area contributed by atoms with Crippen molar-refractivity contribution >= 4 is 5.78 Å². The summed E-state index contributed by atoms with van der Waals surface area (Å²) in [6.07, 6.45) is 5.21. The van der Waals surface area contributed by atoms with Gasteiger partial charge < -0.3 is 0 Å². The SMILES string of the molecule is C=CCC(C)C1CC2CC(C1=O)C2(C)C. The lowest BCUT2D eigenvalue weighted by atomic mass is 9.45. The molecule has 4 atom stereocenters. The van der Waals surface area contributed by atoms with Crippen LogP contribution in [0, 0.1) is 29.1 Å². The third-order valence-electron chi connectivity index (χ3n) is 4.94. The number of allylic oxidation sites excluding steroid dienone is 1. The van der Waals surface area contributed by atoms with Gasteiger partial charge >= 0.3 is 0 Å². The zero-order valence-electron chi connectivity index (χ0n) is 10.1. The predicted molar refractivity (Wildman–Crippen MR) is 62.5 cm³/mol. The topological polar surface area (TPSA) is 17.1 Å². The van der Waals surface area contributed by atoms with Gasteiger partial charge in [-0.3, -0.25) is 4.79 Å². The van der Waals surface area contributed by atoms with Gasteiger partial charge in [0.15, 0.2) is 0 Å². The number of hydrogen-bond donors (Lipinski definition) is 0. The predicted octanol–water partition coefficient (Wildman–Crippen LogP) is 3.45. The first kappa shape index (κ1) is 10.9. The quantitative estimate of drug-likeness (QED) is 0.646. The Balaban J connectivity index is 2.08. The van der Waals surface area contributed by atoms with Crippen LogP contribution < -0.4 is 0 Å². The van der Waals surface area contributed by atoms with Gasteiger partial charge in [-0.25, -0.2) is 0 Å². The van der Waals surface area contributed by atoms with Gasteiger partial charge in [0, 0.05) is 11.8 Å². The minimum Gasteiger partial charge on any atom is -0.299 e. The van der Waals surface area contributed by atoms with Crippen molar-refractivity contribution in [2.24, 2.45) is 29.1 Å². The monoisotopic (exact) mass is 206 g/mol. The lowest BCUT2D eigenvalue weighted by molar-refractivity contribution is -0.159. The van der Waals surface area contributed by atoms with E-state index in [4.69, 9.17) is 0 Å². The minimum absolute atomic E-state index is 0.293. The highest BCUT2D eigenvalue weighted by molar-refractivity contribution is 5.87. The summed E-state index contributed by atoms with van der Waals surface area (Å²) >= 11 is 0. The Morgan fingerprint density at radius 1 is 1.53 bits per heavy atom. The molecular formula is C14H22O. The number of Topliss-reactive ketones (excluding diaryl/α,β-unsaturated/α-hetero) is 1. The first-order valence-electron chi connectivity index (χ1n) is 6.13. The maximum absolute atomic E-state index is 12.3. The van der Waals surface area contributed by atoms with Gasteiger partial charge in [0.25, 0.3) is 0 Å². The average Bonchev–Trinajstić information content (AvgIpc) is 2.17. The molecule has 4 unspecified atom stereocenters. The van der Waals surface area contributed by atoms with Crippen LogP contribution in [0.15, 0.2) is 12.7 Å². The first-order valence-corrected chi connectivity index (χ1v) is 6.13. The van der Waals surface area contributed by atoms with Crippen LogP contribution in [0.2, 0.25) is 0 Å². The van der Waals surface area contributed by atoms with Crippen LogP contribution in [0.4, 0.5) is 0 Å². The number of fused-ring (bicyclic) bond motifs is 2. The van der Waals surface area contributed by atoms with E-state index in [-0.39, 0.29) is 0 Å². The Hall–Kier alpha value is -0.590. The number of ketones is 1. The third-order valence-corrected chi connectivity index (χ3v) is 4.94. The molecule has 15 heavy (non-hydrogen) atoms. The third kappa shape index (κ3) is 1.47. The van der Waals surface area contributed by atoms with E-state index in [1.807, 2.05) is 6.08 Å². The summed E-state index contributed by atoms with van der Waals surface area (Å²) < 4.78 is 0. The van der Waals surface area contributed by atoms with E-state index in [1.165, 1.54) is 0 Å². The van der Waals surface area contributed by atoms with Gasteiger partial charge in [-0.2, -0.15) is 0 Å². The number of rotatable bonds is 3. The fraction of sp³-hybridized carbons (Fsp3) is 0.786. The molecule has 0 aromatic rings. The van der Waals surface area contributed by atoms with Crippen LogP contribution in [0.1, 0.15) is 40.0 Å². The Kier molecular flexibility index (Phi) is 2.52. The summed E-state index contributed by atoms with van der Waals surface area (Å²) in [5, 5.41) is 0. The molecule has 0 N–H and O–H groups in total. The van der Waals surface area contributed by atoms with E-state index < -0.39 is 0 Å².